The molecule has 0 spiro atoms. The third-order valence-electron chi connectivity index (χ3n) is 6.97. The highest BCUT2D eigenvalue weighted by atomic mass is 16.5. The molecular formula is C29H35N3O6. The first-order valence-corrected chi connectivity index (χ1v) is 13.2. The molecule has 0 saturated carbocycles. The zero-order valence-corrected chi connectivity index (χ0v) is 22.0. The van der Waals surface area contributed by atoms with Crippen molar-refractivity contribution >= 4 is 29.4 Å². The number of carbonyl (C=O) groups excluding carboxylic acids is 4. The van der Waals surface area contributed by atoms with Crippen molar-refractivity contribution in [2.24, 2.45) is 0 Å². The van der Waals surface area contributed by atoms with Gasteiger partial charge in [-0.15, -0.1) is 0 Å². The highest BCUT2D eigenvalue weighted by Gasteiger charge is 2.33. The van der Waals surface area contributed by atoms with Gasteiger partial charge in [0, 0.05) is 50.1 Å². The number of esters is 1. The van der Waals surface area contributed by atoms with Gasteiger partial charge in [-0.1, -0.05) is 18.2 Å². The van der Waals surface area contributed by atoms with E-state index in [1.165, 1.54) is 12.5 Å². The Hall–Kier alpha value is -3.88. The van der Waals surface area contributed by atoms with Gasteiger partial charge in [-0.3, -0.25) is 14.4 Å². The predicted octanol–water partition coefficient (Wildman–Crippen LogP) is 3.11. The SMILES string of the molecule is CCOC(=O)C(CCOc1ccc(C(=O)N2CCC(N3C(=O)CCc4ccccc43)CC2)cc1)NC(C)=O. The second-order valence-electron chi connectivity index (χ2n) is 9.58. The van der Waals surface area contributed by atoms with Crippen LogP contribution < -0.4 is 15.0 Å². The number of ether oxygens (including phenoxy) is 2. The number of hydrogen-bond donors (Lipinski definition) is 1. The molecule has 0 aliphatic carbocycles. The van der Waals surface area contributed by atoms with Gasteiger partial charge in [-0.05, 0) is 62.1 Å². The third-order valence-corrected chi connectivity index (χ3v) is 6.97. The van der Waals surface area contributed by atoms with Crippen LogP contribution in [0, 0.1) is 0 Å². The number of anilines is 1. The maximum absolute atomic E-state index is 13.1. The average Bonchev–Trinajstić information content (AvgIpc) is 2.92. The Balaban J connectivity index is 1.28. The highest BCUT2D eigenvalue weighted by Crippen LogP contribution is 2.32. The minimum absolute atomic E-state index is 0.0478. The molecule has 1 atom stereocenters. The van der Waals surface area contributed by atoms with Crippen molar-refractivity contribution in [2.45, 2.75) is 58.0 Å². The number of benzene rings is 2. The molecule has 2 aliphatic rings. The molecule has 1 saturated heterocycles. The monoisotopic (exact) mass is 521 g/mol. The summed E-state index contributed by atoms with van der Waals surface area (Å²) >= 11 is 0. The molecule has 202 valence electrons. The fourth-order valence-corrected chi connectivity index (χ4v) is 5.09. The Bertz CT molecular complexity index is 1160. The highest BCUT2D eigenvalue weighted by molar-refractivity contribution is 5.97. The van der Waals surface area contributed by atoms with Gasteiger partial charge in [0.05, 0.1) is 13.2 Å². The van der Waals surface area contributed by atoms with E-state index in [9.17, 15) is 19.2 Å². The van der Waals surface area contributed by atoms with Gasteiger partial charge >= 0.3 is 5.97 Å². The summed E-state index contributed by atoms with van der Waals surface area (Å²) in [7, 11) is 0. The molecule has 4 rings (SSSR count). The third kappa shape index (κ3) is 6.51. The largest absolute Gasteiger partial charge is 0.494 e. The Morgan fingerprint density at radius 1 is 1.03 bits per heavy atom. The van der Waals surface area contributed by atoms with Gasteiger partial charge in [0.25, 0.3) is 5.91 Å². The summed E-state index contributed by atoms with van der Waals surface area (Å²) in [4.78, 5) is 53.0. The van der Waals surface area contributed by atoms with E-state index in [2.05, 4.69) is 11.4 Å². The van der Waals surface area contributed by atoms with Crippen molar-refractivity contribution in [3.8, 4) is 5.75 Å². The summed E-state index contributed by atoms with van der Waals surface area (Å²) in [6.45, 7) is 4.66. The summed E-state index contributed by atoms with van der Waals surface area (Å²) in [5, 5.41) is 2.58. The lowest BCUT2D eigenvalue weighted by molar-refractivity contribution is -0.147. The molecule has 0 bridgehead atoms. The lowest BCUT2D eigenvalue weighted by Gasteiger charge is -2.41. The number of aryl methyl sites for hydroxylation is 1. The van der Waals surface area contributed by atoms with Crippen LogP contribution in [-0.2, 0) is 25.5 Å². The normalized spacial score (nSPS) is 16.4. The first-order chi connectivity index (χ1) is 18.4. The van der Waals surface area contributed by atoms with Gasteiger partial charge < -0.3 is 24.6 Å². The minimum Gasteiger partial charge on any atom is -0.494 e. The van der Waals surface area contributed by atoms with Crippen LogP contribution >= 0.6 is 0 Å². The first-order valence-electron chi connectivity index (χ1n) is 13.2. The van der Waals surface area contributed by atoms with Gasteiger partial charge in [-0.2, -0.15) is 0 Å². The van der Waals surface area contributed by atoms with Crippen LogP contribution in [0.3, 0.4) is 0 Å². The molecule has 2 aliphatic heterocycles. The molecule has 0 aromatic heterocycles. The number of nitrogens with zero attached hydrogens (tertiary/aromatic N) is 2. The zero-order chi connectivity index (χ0) is 27.1. The Morgan fingerprint density at radius 3 is 2.42 bits per heavy atom. The van der Waals surface area contributed by atoms with E-state index in [0.29, 0.717) is 30.8 Å². The van der Waals surface area contributed by atoms with E-state index in [-0.39, 0.29) is 43.4 Å². The van der Waals surface area contributed by atoms with E-state index >= 15 is 0 Å². The molecule has 1 unspecified atom stereocenters. The van der Waals surface area contributed by atoms with Crippen molar-refractivity contribution in [1.82, 2.24) is 10.2 Å². The van der Waals surface area contributed by atoms with Crippen LogP contribution in [0.25, 0.3) is 0 Å². The summed E-state index contributed by atoms with van der Waals surface area (Å²) in [5.74, 6) is -0.136. The number of para-hydroxylation sites is 1. The van der Waals surface area contributed by atoms with Crippen LogP contribution in [0.4, 0.5) is 5.69 Å². The minimum atomic E-state index is -0.773. The van der Waals surface area contributed by atoms with Crippen molar-refractivity contribution in [3.05, 3.63) is 59.7 Å². The molecule has 38 heavy (non-hydrogen) atoms. The van der Waals surface area contributed by atoms with Crippen LogP contribution in [-0.4, -0.2) is 67.0 Å². The molecule has 2 heterocycles. The zero-order valence-electron chi connectivity index (χ0n) is 22.0. The summed E-state index contributed by atoms with van der Waals surface area (Å²) in [6, 6.07) is 14.3. The molecule has 0 radical (unpaired) electrons. The first kappa shape index (κ1) is 27.2. The number of amides is 3. The molecule has 9 nitrogen and oxygen atoms in total. The predicted molar refractivity (Wildman–Crippen MR) is 142 cm³/mol. The van der Waals surface area contributed by atoms with Crippen molar-refractivity contribution in [3.63, 3.8) is 0 Å². The summed E-state index contributed by atoms with van der Waals surface area (Å²) < 4.78 is 10.7. The molecule has 2 aromatic carbocycles. The second-order valence-corrected chi connectivity index (χ2v) is 9.58. The Morgan fingerprint density at radius 2 is 1.74 bits per heavy atom. The van der Waals surface area contributed by atoms with E-state index < -0.39 is 12.0 Å². The number of carbonyl (C=O) groups is 4. The Labute approximate surface area is 223 Å². The van der Waals surface area contributed by atoms with Crippen molar-refractivity contribution in [2.75, 3.05) is 31.2 Å². The number of piperidine rings is 1. The van der Waals surface area contributed by atoms with E-state index in [0.717, 1.165) is 24.9 Å². The lowest BCUT2D eigenvalue weighted by Crippen LogP contribution is -2.50. The second kappa shape index (κ2) is 12.6. The van der Waals surface area contributed by atoms with Crippen LogP contribution in [0.2, 0.25) is 0 Å². The van der Waals surface area contributed by atoms with Crippen LogP contribution in [0.5, 0.6) is 5.75 Å². The fraction of sp³-hybridized carbons (Fsp3) is 0.448. The van der Waals surface area contributed by atoms with Gasteiger partial charge in [0.15, 0.2) is 0 Å². The van der Waals surface area contributed by atoms with Crippen LogP contribution in [0.15, 0.2) is 48.5 Å². The molecule has 1 fully saturated rings. The van der Waals surface area contributed by atoms with Crippen molar-refractivity contribution < 1.29 is 28.7 Å². The molecule has 2 aromatic rings. The maximum Gasteiger partial charge on any atom is 0.328 e. The quantitative estimate of drug-likeness (QED) is 0.509. The molecule has 1 N–H and O–H groups in total. The van der Waals surface area contributed by atoms with E-state index in [1.54, 1.807) is 31.2 Å². The number of hydrogen-bond acceptors (Lipinski definition) is 6. The van der Waals surface area contributed by atoms with Gasteiger partial charge in [-0.25, -0.2) is 4.79 Å². The number of likely N-dealkylation sites (tertiary alicyclic amines) is 1. The lowest BCUT2D eigenvalue weighted by atomic mass is 9.95. The summed E-state index contributed by atoms with van der Waals surface area (Å²) in [6.07, 6.45) is 3.05. The molecule has 9 heteroatoms. The topological polar surface area (TPSA) is 105 Å². The van der Waals surface area contributed by atoms with Crippen LogP contribution in [0.1, 0.15) is 55.5 Å². The summed E-state index contributed by atoms with van der Waals surface area (Å²) in [5.41, 5.74) is 2.78. The fourth-order valence-electron chi connectivity index (χ4n) is 5.09. The standard InChI is InChI=1S/C29H35N3O6/c1-3-37-29(36)25(30-20(2)33)16-19-38-24-11-8-22(9-12-24)28(35)31-17-14-23(15-18-31)32-26-7-5-4-6-21(26)10-13-27(32)34/h4-9,11-12,23,25H,3,10,13-19H2,1-2H3,(H,30,33). The smallest absolute Gasteiger partial charge is 0.328 e. The van der Waals surface area contributed by atoms with Gasteiger partial charge in [0.1, 0.15) is 11.8 Å². The number of rotatable bonds is 9. The van der Waals surface area contributed by atoms with E-state index in [4.69, 9.17) is 9.47 Å². The Kier molecular flexibility index (Phi) is 8.99. The van der Waals surface area contributed by atoms with Crippen molar-refractivity contribution in [1.29, 1.82) is 0 Å². The molecular weight excluding hydrogens is 486 g/mol. The van der Waals surface area contributed by atoms with Gasteiger partial charge in [0.2, 0.25) is 11.8 Å². The average molecular weight is 522 g/mol. The number of fused-ring (bicyclic) bond motifs is 1. The number of nitrogens with one attached hydrogen (secondary N) is 1. The maximum atomic E-state index is 13.1. The van der Waals surface area contributed by atoms with E-state index in [1.807, 2.05) is 28.0 Å². The molecule has 3 amide bonds.